The largest absolute Gasteiger partial charge is 0.369 e. The molecule has 1 aromatic heterocycles. The van der Waals surface area contributed by atoms with Crippen LogP contribution in [0.25, 0.3) is 0 Å². The lowest BCUT2D eigenvalue weighted by Gasteiger charge is -1.92. The number of rotatable bonds is 0. The van der Waals surface area contributed by atoms with Gasteiger partial charge in [0.2, 0.25) is 0 Å². The number of aromatic nitrogens is 2. The van der Waals surface area contributed by atoms with Crippen molar-refractivity contribution in [3.05, 3.63) is 22.7 Å². The first kappa shape index (κ1) is 6.07. The normalized spacial score (nSPS) is 15.3. The molecule has 0 unspecified atom stereocenters. The molecule has 1 aliphatic heterocycles. The summed E-state index contributed by atoms with van der Waals surface area (Å²) in [6.07, 6.45) is 1.54. The fourth-order valence-electron chi connectivity index (χ4n) is 0.909. The fourth-order valence-corrected chi connectivity index (χ4v) is 1.06. The van der Waals surface area contributed by atoms with E-state index in [0.717, 1.165) is 11.4 Å². The van der Waals surface area contributed by atoms with E-state index in [0.29, 0.717) is 18.4 Å². The zero-order valence-electron chi connectivity index (χ0n) is 5.17. The highest BCUT2D eigenvalue weighted by Gasteiger charge is 2.13. The van der Waals surface area contributed by atoms with Gasteiger partial charge in [0.1, 0.15) is 5.15 Å². The van der Waals surface area contributed by atoms with Gasteiger partial charge in [-0.1, -0.05) is 11.6 Å². The predicted octanol–water partition coefficient (Wildman–Crippen LogP) is 1.16. The van der Waals surface area contributed by atoms with Gasteiger partial charge in [0, 0.05) is 0 Å². The van der Waals surface area contributed by atoms with E-state index in [2.05, 4.69) is 9.97 Å². The molecule has 0 radical (unpaired) electrons. The first-order valence-electron chi connectivity index (χ1n) is 2.94. The van der Waals surface area contributed by atoms with Crippen LogP contribution in [0.4, 0.5) is 0 Å². The van der Waals surface area contributed by atoms with Crippen LogP contribution in [0.5, 0.6) is 0 Å². The lowest BCUT2D eigenvalue weighted by molar-refractivity contribution is 0.132. The molecule has 4 heteroatoms. The second kappa shape index (κ2) is 2.18. The van der Waals surface area contributed by atoms with Gasteiger partial charge in [0.15, 0.2) is 0 Å². The molecule has 0 saturated heterocycles. The van der Waals surface area contributed by atoms with Crippen LogP contribution in [0.1, 0.15) is 11.4 Å². The summed E-state index contributed by atoms with van der Waals surface area (Å²) in [4.78, 5) is 8.07. The molecule has 0 aliphatic carbocycles. The van der Waals surface area contributed by atoms with Crippen molar-refractivity contribution in [3.63, 3.8) is 0 Å². The molecule has 2 heterocycles. The van der Waals surface area contributed by atoms with Gasteiger partial charge in [-0.15, -0.1) is 0 Å². The summed E-state index contributed by atoms with van der Waals surface area (Å²) < 4.78 is 5.09. The highest BCUT2D eigenvalue weighted by molar-refractivity contribution is 6.29. The second-order valence-corrected chi connectivity index (χ2v) is 2.47. The van der Waals surface area contributed by atoms with E-state index in [4.69, 9.17) is 16.3 Å². The van der Waals surface area contributed by atoms with Crippen LogP contribution in [0.2, 0.25) is 5.15 Å². The molecular weight excluding hydrogens is 152 g/mol. The van der Waals surface area contributed by atoms with Crippen molar-refractivity contribution >= 4 is 11.6 Å². The summed E-state index contributed by atoms with van der Waals surface area (Å²) in [6, 6.07) is 0. The van der Waals surface area contributed by atoms with Gasteiger partial charge in [0.05, 0.1) is 30.8 Å². The fraction of sp³-hybridized carbons (Fsp3) is 0.333. The molecule has 10 heavy (non-hydrogen) atoms. The van der Waals surface area contributed by atoms with Gasteiger partial charge >= 0.3 is 0 Å². The third kappa shape index (κ3) is 0.874. The summed E-state index contributed by atoms with van der Waals surface area (Å²) in [7, 11) is 0. The number of ether oxygens (including phenoxy) is 1. The Labute approximate surface area is 63.0 Å². The Morgan fingerprint density at radius 2 is 2.20 bits per heavy atom. The molecule has 1 aliphatic rings. The second-order valence-electron chi connectivity index (χ2n) is 2.08. The first-order valence-corrected chi connectivity index (χ1v) is 3.32. The van der Waals surface area contributed by atoms with Crippen LogP contribution in [0.3, 0.4) is 0 Å². The summed E-state index contributed by atoms with van der Waals surface area (Å²) >= 11 is 5.59. The molecule has 3 nitrogen and oxygen atoms in total. The van der Waals surface area contributed by atoms with Crippen molar-refractivity contribution in [2.24, 2.45) is 0 Å². The molecule has 1 aromatic rings. The van der Waals surface area contributed by atoms with Gasteiger partial charge in [-0.05, 0) is 0 Å². The lowest BCUT2D eigenvalue weighted by Crippen LogP contribution is -1.91. The van der Waals surface area contributed by atoms with E-state index in [1.807, 2.05) is 0 Å². The SMILES string of the molecule is Clc1cnc2c(n1)COC2. The number of hydrogen-bond acceptors (Lipinski definition) is 3. The molecule has 52 valence electrons. The van der Waals surface area contributed by atoms with Crippen molar-refractivity contribution in [3.8, 4) is 0 Å². The molecular formula is C6H5ClN2O. The van der Waals surface area contributed by atoms with Crippen LogP contribution in [0.15, 0.2) is 6.20 Å². The van der Waals surface area contributed by atoms with E-state index < -0.39 is 0 Å². The zero-order chi connectivity index (χ0) is 6.97. The summed E-state index contributed by atoms with van der Waals surface area (Å²) in [5, 5.41) is 0.434. The predicted molar refractivity (Wildman–Crippen MR) is 35.5 cm³/mol. The Morgan fingerprint density at radius 3 is 3.10 bits per heavy atom. The van der Waals surface area contributed by atoms with E-state index in [-0.39, 0.29) is 0 Å². The van der Waals surface area contributed by atoms with Crippen LogP contribution in [-0.4, -0.2) is 9.97 Å². The van der Waals surface area contributed by atoms with Gasteiger partial charge in [-0.2, -0.15) is 0 Å². The van der Waals surface area contributed by atoms with E-state index in [1.54, 1.807) is 0 Å². The summed E-state index contributed by atoms with van der Waals surface area (Å²) in [5.41, 5.74) is 1.77. The van der Waals surface area contributed by atoms with E-state index in [9.17, 15) is 0 Å². The maximum absolute atomic E-state index is 5.59. The standard InChI is InChI=1S/C6H5ClN2O/c7-6-1-8-4-2-10-3-5(4)9-6/h1H,2-3H2. The summed E-state index contributed by atoms with van der Waals surface area (Å²) in [5.74, 6) is 0. The Balaban J connectivity index is 2.52. The smallest absolute Gasteiger partial charge is 0.147 e. The van der Waals surface area contributed by atoms with Crippen LogP contribution in [-0.2, 0) is 18.0 Å². The number of fused-ring (bicyclic) bond motifs is 1. The third-order valence-corrected chi connectivity index (χ3v) is 1.56. The quantitative estimate of drug-likeness (QED) is 0.566. The molecule has 0 bridgehead atoms. The minimum Gasteiger partial charge on any atom is -0.369 e. The molecule has 2 rings (SSSR count). The van der Waals surface area contributed by atoms with Gasteiger partial charge in [-0.25, -0.2) is 4.98 Å². The Morgan fingerprint density at radius 1 is 1.40 bits per heavy atom. The Hall–Kier alpha value is -0.670. The van der Waals surface area contributed by atoms with Gasteiger partial charge in [-0.3, -0.25) is 4.98 Å². The molecule has 0 saturated carbocycles. The molecule has 0 amide bonds. The average Bonchev–Trinajstić information content (AvgIpc) is 2.33. The Bertz CT molecular complexity index is 264. The zero-order valence-corrected chi connectivity index (χ0v) is 5.93. The molecule has 0 N–H and O–H groups in total. The van der Waals surface area contributed by atoms with Crippen LogP contribution < -0.4 is 0 Å². The van der Waals surface area contributed by atoms with E-state index >= 15 is 0 Å². The van der Waals surface area contributed by atoms with E-state index in [1.165, 1.54) is 6.20 Å². The number of nitrogens with zero attached hydrogens (tertiary/aromatic N) is 2. The highest BCUT2D eigenvalue weighted by atomic mass is 35.5. The maximum Gasteiger partial charge on any atom is 0.147 e. The molecule has 0 spiro atoms. The lowest BCUT2D eigenvalue weighted by atomic mass is 10.4. The number of halogens is 1. The van der Waals surface area contributed by atoms with Crippen LogP contribution >= 0.6 is 11.6 Å². The first-order chi connectivity index (χ1) is 4.86. The van der Waals surface area contributed by atoms with Crippen molar-refractivity contribution in [1.82, 2.24) is 9.97 Å². The minimum atomic E-state index is 0.434. The maximum atomic E-state index is 5.59. The minimum absolute atomic E-state index is 0.434. The van der Waals surface area contributed by atoms with Crippen molar-refractivity contribution in [2.45, 2.75) is 13.2 Å². The van der Waals surface area contributed by atoms with Gasteiger partial charge < -0.3 is 4.74 Å². The van der Waals surface area contributed by atoms with Crippen molar-refractivity contribution in [1.29, 1.82) is 0 Å². The molecule has 0 fully saturated rings. The third-order valence-electron chi connectivity index (χ3n) is 1.38. The topological polar surface area (TPSA) is 35.0 Å². The van der Waals surface area contributed by atoms with Crippen LogP contribution in [0, 0.1) is 0 Å². The van der Waals surface area contributed by atoms with Crippen molar-refractivity contribution in [2.75, 3.05) is 0 Å². The van der Waals surface area contributed by atoms with Gasteiger partial charge in [0.25, 0.3) is 0 Å². The Kier molecular flexibility index (Phi) is 1.32. The average molecular weight is 157 g/mol. The molecule has 0 aromatic carbocycles. The molecule has 0 atom stereocenters. The highest BCUT2D eigenvalue weighted by Crippen LogP contribution is 2.16. The number of hydrogen-bond donors (Lipinski definition) is 0. The monoisotopic (exact) mass is 156 g/mol. The summed E-state index contributed by atoms with van der Waals surface area (Å²) in [6.45, 7) is 1.11. The van der Waals surface area contributed by atoms with Crippen molar-refractivity contribution < 1.29 is 4.74 Å².